The minimum absolute atomic E-state index is 0.196. The van der Waals surface area contributed by atoms with Crippen molar-refractivity contribution in [3.05, 3.63) is 34.9 Å². The smallest absolute Gasteiger partial charge is 0.347 e. The Morgan fingerprint density at radius 1 is 1.25 bits per heavy atom. The molecule has 0 saturated carbocycles. The van der Waals surface area contributed by atoms with Crippen molar-refractivity contribution in [3.63, 3.8) is 0 Å². The third-order valence-corrected chi connectivity index (χ3v) is 2.30. The van der Waals surface area contributed by atoms with Gasteiger partial charge in [0.1, 0.15) is 0 Å². The second-order valence-corrected chi connectivity index (χ2v) is 3.37. The van der Waals surface area contributed by atoms with E-state index in [-0.39, 0.29) is 17.7 Å². The molecule has 0 atom stereocenters. The Morgan fingerprint density at radius 2 is 1.81 bits per heavy atom. The van der Waals surface area contributed by atoms with Gasteiger partial charge in [-0.15, -0.1) is 0 Å². The van der Waals surface area contributed by atoms with Crippen molar-refractivity contribution >= 4 is 34.9 Å². The number of carbonyl (C=O) groups excluding carboxylic acids is 2. The Hall–Kier alpha value is -1.15. The van der Waals surface area contributed by atoms with E-state index < -0.39 is 11.9 Å². The molecule has 86 valence electrons. The van der Waals surface area contributed by atoms with Crippen LogP contribution in [0, 0.1) is 0 Å². The fraction of sp³-hybridized carbons (Fsp3) is 0.200. The number of esters is 1. The van der Waals surface area contributed by atoms with Crippen LogP contribution in [-0.4, -0.2) is 24.2 Å². The van der Waals surface area contributed by atoms with Gasteiger partial charge in [-0.05, 0) is 23.8 Å². The van der Waals surface area contributed by atoms with Crippen molar-refractivity contribution in [1.82, 2.24) is 0 Å². The summed E-state index contributed by atoms with van der Waals surface area (Å²) in [5, 5.41) is 8.99. The molecule has 1 rings (SSSR count). The molecular weight excluding hydrogens is 327 g/mol. The molecule has 0 radical (unpaired) electrons. The van der Waals surface area contributed by atoms with Crippen molar-refractivity contribution in [1.29, 1.82) is 0 Å². The first-order valence-corrected chi connectivity index (χ1v) is 5.16. The van der Waals surface area contributed by atoms with Gasteiger partial charge in [0, 0.05) is 0 Å². The number of ether oxygens (including phenoxy) is 1. The summed E-state index contributed by atoms with van der Waals surface area (Å²) in [6.07, 6.45) is 0. The van der Waals surface area contributed by atoms with Gasteiger partial charge in [0.05, 0.1) is 24.8 Å². The molecule has 0 aliphatic heterocycles. The first kappa shape index (κ1) is 12.9. The number of aliphatic hydroxyl groups is 1. The average molecular weight is 336 g/mol. The third-order valence-electron chi connectivity index (χ3n) is 1.90. The van der Waals surface area contributed by atoms with Crippen LogP contribution < -0.4 is 0 Å². The van der Waals surface area contributed by atoms with E-state index in [1.165, 1.54) is 48.3 Å². The number of methoxy groups -OCH3 is 1. The largest absolute Gasteiger partial charge is 0.465 e. The van der Waals surface area contributed by atoms with E-state index in [0.717, 1.165) is 0 Å². The molecule has 0 heterocycles. The number of hydrogen-bond donors (Lipinski definition) is 1. The molecule has 0 aromatic heterocycles. The summed E-state index contributed by atoms with van der Waals surface area (Å²) in [7, 11) is 1.24. The summed E-state index contributed by atoms with van der Waals surface area (Å²) in [4.78, 5) is 22.6. The predicted molar refractivity (Wildman–Crippen MR) is 63.1 cm³/mol. The standard InChI is InChI=1S/C10H9IO5/c1-15-9(13)7-2-6(5-12)3-8(4-7)10(14)16-11/h2-4,12H,5H2,1H3. The van der Waals surface area contributed by atoms with Crippen LogP contribution in [0.3, 0.4) is 0 Å². The van der Waals surface area contributed by atoms with Crippen molar-refractivity contribution in [2.45, 2.75) is 6.61 Å². The van der Waals surface area contributed by atoms with E-state index in [9.17, 15) is 9.59 Å². The summed E-state index contributed by atoms with van der Waals surface area (Å²) in [5.41, 5.74) is 0.840. The minimum atomic E-state index is -0.582. The van der Waals surface area contributed by atoms with Gasteiger partial charge in [0.15, 0.2) is 23.0 Å². The molecule has 1 N–H and O–H groups in total. The molecule has 1 aromatic carbocycles. The van der Waals surface area contributed by atoms with E-state index in [0.29, 0.717) is 5.56 Å². The lowest BCUT2D eigenvalue weighted by molar-refractivity contribution is 0.0600. The van der Waals surface area contributed by atoms with Gasteiger partial charge in [0.2, 0.25) is 0 Å². The van der Waals surface area contributed by atoms with Gasteiger partial charge in [-0.2, -0.15) is 0 Å². The predicted octanol–water partition coefficient (Wildman–Crippen LogP) is 1.47. The van der Waals surface area contributed by atoms with E-state index in [4.69, 9.17) is 5.11 Å². The second kappa shape index (κ2) is 5.80. The topological polar surface area (TPSA) is 72.8 Å². The van der Waals surface area contributed by atoms with E-state index in [2.05, 4.69) is 7.80 Å². The molecule has 0 fully saturated rings. The summed E-state index contributed by atoms with van der Waals surface area (Å²) < 4.78 is 9.03. The van der Waals surface area contributed by atoms with Crippen LogP contribution in [0.4, 0.5) is 0 Å². The highest BCUT2D eigenvalue weighted by molar-refractivity contribution is 14.1. The number of halogens is 1. The van der Waals surface area contributed by atoms with Crippen molar-refractivity contribution in [2.24, 2.45) is 0 Å². The fourth-order valence-corrected chi connectivity index (χ4v) is 1.44. The van der Waals surface area contributed by atoms with Crippen LogP contribution in [0.2, 0.25) is 0 Å². The van der Waals surface area contributed by atoms with Crippen LogP contribution in [0.25, 0.3) is 0 Å². The van der Waals surface area contributed by atoms with Crippen molar-refractivity contribution < 1.29 is 22.5 Å². The number of carbonyl (C=O) groups is 2. The highest BCUT2D eigenvalue weighted by Crippen LogP contribution is 2.14. The molecule has 0 spiro atoms. The number of aliphatic hydroxyl groups excluding tert-OH is 1. The maximum absolute atomic E-state index is 11.3. The maximum atomic E-state index is 11.3. The molecule has 0 amide bonds. The molecular formula is C10H9IO5. The zero-order valence-electron chi connectivity index (χ0n) is 8.40. The van der Waals surface area contributed by atoms with Gasteiger partial charge in [-0.1, -0.05) is 0 Å². The molecule has 6 heteroatoms. The molecule has 0 aliphatic rings. The van der Waals surface area contributed by atoms with Gasteiger partial charge >= 0.3 is 11.9 Å². The number of benzene rings is 1. The lowest BCUT2D eigenvalue weighted by Gasteiger charge is -2.05. The van der Waals surface area contributed by atoms with Gasteiger partial charge in [0.25, 0.3) is 0 Å². The van der Waals surface area contributed by atoms with Gasteiger partial charge in [-0.25, -0.2) is 9.59 Å². The maximum Gasteiger partial charge on any atom is 0.347 e. The lowest BCUT2D eigenvalue weighted by atomic mass is 10.1. The Kier molecular flexibility index (Phi) is 4.69. The molecule has 0 aliphatic carbocycles. The van der Waals surface area contributed by atoms with Crippen LogP contribution in [0.1, 0.15) is 26.3 Å². The van der Waals surface area contributed by atoms with Crippen LogP contribution in [-0.2, 0) is 14.4 Å². The van der Waals surface area contributed by atoms with Crippen LogP contribution in [0.15, 0.2) is 18.2 Å². The zero-order chi connectivity index (χ0) is 12.1. The molecule has 16 heavy (non-hydrogen) atoms. The first-order chi connectivity index (χ1) is 7.62. The average Bonchev–Trinajstić information content (AvgIpc) is 2.35. The molecule has 0 saturated heterocycles. The Labute approximate surface area is 106 Å². The summed E-state index contributed by atoms with van der Waals surface area (Å²) in [6.45, 7) is -0.271. The molecule has 0 unspecified atom stereocenters. The minimum Gasteiger partial charge on any atom is -0.465 e. The summed E-state index contributed by atoms with van der Waals surface area (Å²) in [6, 6.07) is 4.26. The summed E-state index contributed by atoms with van der Waals surface area (Å²) in [5.74, 6) is -1.15. The van der Waals surface area contributed by atoms with Crippen molar-refractivity contribution in [2.75, 3.05) is 7.11 Å². The first-order valence-electron chi connectivity index (χ1n) is 4.28. The van der Waals surface area contributed by atoms with Crippen molar-refractivity contribution in [3.8, 4) is 0 Å². The highest BCUT2D eigenvalue weighted by atomic mass is 127. The zero-order valence-corrected chi connectivity index (χ0v) is 10.6. The fourth-order valence-electron chi connectivity index (χ4n) is 1.18. The van der Waals surface area contributed by atoms with Crippen LogP contribution in [0.5, 0.6) is 0 Å². The van der Waals surface area contributed by atoms with Gasteiger partial charge < -0.3 is 12.9 Å². The normalized spacial score (nSPS) is 9.69. The summed E-state index contributed by atoms with van der Waals surface area (Å²) >= 11 is 1.45. The lowest BCUT2D eigenvalue weighted by Crippen LogP contribution is -2.06. The molecule has 5 nitrogen and oxygen atoms in total. The molecule has 1 aromatic rings. The Morgan fingerprint density at radius 3 is 2.25 bits per heavy atom. The number of rotatable bonds is 3. The Bertz CT molecular complexity index is 381. The quantitative estimate of drug-likeness (QED) is 0.669. The van der Waals surface area contributed by atoms with E-state index in [1.807, 2.05) is 0 Å². The van der Waals surface area contributed by atoms with Crippen LogP contribution >= 0.6 is 23.0 Å². The monoisotopic (exact) mass is 336 g/mol. The second-order valence-electron chi connectivity index (χ2n) is 2.93. The highest BCUT2D eigenvalue weighted by Gasteiger charge is 2.13. The van der Waals surface area contributed by atoms with E-state index >= 15 is 0 Å². The van der Waals surface area contributed by atoms with E-state index in [1.54, 1.807) is 0 Å². The number of hydrogen-bond acceptors (Lipinski definition) is 5. The Balaban J connectivity index is 3.20. The van der Waals surface area contributed by atoms with Gasteiger partial charge in [-0.3, -0.25) is 0 Å². The SMILES string of the molecule is COC(=O)c1cc(CO)cc(C(=O)OI)c1. The third kappa shape index (κ3) is 2.92. The molecule has 0 bridgehead atoms.